The predicted molar refractivity (Wildman–Crippen MR) is 293 cm³/mol. The summed E-state index contributed by atoms with van der Waals surface area (Å²) in [5.41, 5.74) is 17.4. The quantitative estimate of drug-likeness (QED) is 0.0145. The number of aryl methyl sites for hydroxylation is 1. The van der Waals surface area contributed by atoms with Crippen LogP contribution in [-0.4, -0.2) is 122 Å². The van der Waals surface area contributed by atoms with Gasteiger partial charge in [0.15, 0.2) is 11.5 Å². The van der Waals surface area contributed by atoms with Crippen molar-refractivity contribution in [3.63, 3.8) is 0 Å². The normalized spacial score (nSPS) is 19.7. The minimum Gasteiger partial charge on any atom is -1.00 e. The van der Waals surface area contributed by atoms with E-state index in [1.54, 1.807) is 37.5 Å². The number of amides is 6. The first-order valence-electron chi connectivity index (χ1n) is 26.6. The molecule has 22 nitrogen and oxygen atoms in total. The SMILES string of the molecule is Cc1ccc2c(c1C#Cc1cn([C@H]3C[C@@H](CNS(N)(=O)=O)[C@@H](O)[C@H]3O)c3c1c(N)cc[n+]3Cc1ccc(NC(=O)[C@@H](CCCNC(N)=O)CC(=O)[C@H](NC(=O)CCCCCN3C(=O)CC(C)C3=O)C(C)C)cc1)OCCN2C.[I-]. The molecule has 2 aromatic carbocycles. The number of urea groups is 1. The van der Waals surface area contributed by atoms with Gasteiger partial charge in [0.05, 0.1) is 47.4 Å². The number of aliphatic hydroxyl groups is 2. The van der Waals surface area contributed by atoms with Crippen molar-refractivity contribution in [2.24, 2.45) is 34.5 Å². The van der Waals surface area contributed by atoms with Crippen molar-refractivity contribution in [1.29, 1.82) is 0 Å². The highest BCUT2D eigenvalue weighted by Crippen LogP contribution is 2.40. The fraction of sp³-hybridized carbons (Fsp3) is 0.509. The Morgan fingerprint density at radius 2 is 1.72 bits per heavy atom. The third-order valence-electron chi connectivity index (χ3n) is 14.9. The number of aromatic nitrogens is 2. The molecular weight excluding hydrogens is 1150 g/mol. The molecule has 1 saturated carbocycles. The molecule has 428 valence electrons. The lowest BCUT2D eigenvalue weighted by Gasteiger charge is -2.28. The Balaban J connectivity index is 0.0000101. The largest absolute Gasteiger partial charge is 1.00 e. The van der Waals surface area contributed by atoms with Crippen LogP contribution in [0.5, 0.6) is 5.75 Å². The highest BCUT2D eigenvalue weighted by molar-refractivity contribution is 7.87. The van der Waals surface area contributed by atoms with Crippen LogP contribution in [-0.2, 0) is 40.7 Å². The first-order valence-corrected chi connectivity index (χ1v) is 28.1. The number of nitrogens with one attached hydrogen (secondary N) is 4. The molecule has 12 N–H and O–H groups in total. The Kier molecular flexibility index (Phi) is 21.3. The number of primary amides is 1. The van der Waals surface area contributed by atoms with Gasteiger partial charge in [-0.2, -0.15) is 8.42 Å². The molecule has 2 aliphatic heterocycles. The number of nitrogen functional groups attached to an aromatic ring is 1. The number of aliphatic hydroxyl groups excluding tert-OH is 2. The zero-order valence-electron chi connectivity index (χ0n) is 45.3. The van der Waals surface area contributed by atoms with Gasteiger partial charge in [0.1, 0.15) is 36.9 Å². The molecule has 2 fully saturated rings. The van der Waals surface area contributed by atoms with Gasteiger partial charge in [0.25, 0.3) is 15.9 Å². The summed E-state index contributed by atoms with van der Waals surface area (Å²) in [4.78, 5) is 80.3. The maximum atomic E-state index is 14.1. The molecule has 0 radical (unpaired) electrons. The van der Waals surface area contributed by atoms with Crippen LogP contribution in [0.1, 0.15) is 107 Å². The van der Waals surface area contributed by atoms with E-state index in [1.807, 2.05) is 61.2 Å². The van der Waals surface area contributed by atoms with E-state index >= 15 is 0 Å². The van der Waals surface area contributed by atoms with E-state index < -0.39 is 58.3 Å². The number of pyridine rings is 1. The van der Waals surface area contributed by atoms with Crippen molar-refractivity contribution in [2.45, 2.75) is 116 Å². The number of imide groups is 1. The first kappa shape index (κ1) is 61.8. The fourth-order valence-corrected chi connectivity index (χ4v) is 11.0. The van der Waals surface area contributed by atoms with Gasteiger partial charge >= 0.3 is 6.03 Å². The molecule has 1 aliphatic carbocycles. The Hall–Kier alpha value is -6.37. The monoisotopic (exact) mass is 1220 g/mol. The van der Waals surface area contributed by atoms with Gasteiger partial charge in [0.2, 0.25) is 23.6 Å². The predicted octanol–water partition coefficient (Wildman–Crippen LogP) is -0.765. The van der Waals surface area contributed by atoms with Crippen molar-refractivity contribution < 1.29 is 80.7 Å². The van der Waals surface area contributed by atoms with Gasteiger partial charge < -0.3 is 71.2 Å². The van der Waals surface area contributed by atoms with E-state index in [9.17, 15) is 47.4 Å². The number of likely N-dealkylation sites (N-methyl/N-ethyl adjacent to an activating group) is 1. The number of carbonyl (C=O) groups is 6. The number of likely N-dealkylation sites (tertiary alicyclic amines) is 1. The topological polar surface area (TPSA) is 328 Å². The van der Waals surface area contributed by atoms with Gasteiger partial charge in [0, 0.05) is 75.5 Å². The highest BCUT2D eigenvalue weighted by Gasteiger charge is 2.46. The summed E-state index contributed by atoms with van der Waals surface area (Å²) < 4.78 is 35.8. The smallest absolute Gasteiger partial charge is 0.312 e. The molecule has 7 atom stereocenters. The molecule has 4 heterocycles. The number of anilines is 3. The average Bonchev–Trinajstić information content (AvgIpc) is 4.24. The number of unbranched alkanes of at least 4 members (excludes halogenated alkanes) is 2. The van der Waals surface area contributed by atoms with Crippen molar-refractivity contribution in [1.82, 2.24) is 24.8 Å². The molecule has 0 spiro atoms. The number of ether oxygens (including phenoxy) is 1. The minimum absolute atomic E-state index is 0. The van der Waals surface area contributed by atoms with Gasteiger partial charge in [-0.25, -0.2) is 23.8 Å². The Morgan fingerprint density at radius 1 is 0.987 bits per heavy atom. The standard InChI is InChI=1S/C55H73N11O11S.HI/c1-32(2)48(62-45(68)11-7-6-8-22-65-46(69)26-34(4)54(65)73)44(67)28-36(10-9-21-59-55(57)74)52(72)61-39-16-13-35(14-17-39)30-64-23-20-41(56)47-37(15-18-40-33(3)12-19-42-51(40)77-25-24-63(42)5)31-66(53(47)64)43-27-38(49(70)50(43)71)29-60-78(58,75)76;/h12-14,16-17,19-20,23,31-32,34,36,38,43,48-50,56,60,70-71H,6-11,21-22,24-30H2,1-5H3,(H7,57,58,59,61,62,68,72,74,75,76);1H/t34?,36-,38-,43-,48+,49+,50-;/m0./s1. The maximum absolute atomic E-state index is 14.1. The summed E-state index contributed by atoms with van der Waals surface area (Å²) in [6.07, 6.45) is 3.53. The first-order chi connectivity index (χ1) is 37.0. The molecule has 79 heavy (non-hydrogen) atoms. The number of rotatable bonds is 23. The molecule has 0 bridgehead atoms. The second-order valence-corrected chi connectivity index (χ2v) is 22.6. The molecule has 1 unspecified atom stereocenters. The van der Waals surface area contributed by atoms with Gasteiger partial charge in [-0.05, 0) is 74.3 Å². The number of ketones is 1. The zero-order valence-corrected chi connectivity index (χ0v) is 48.3. The van der Waals surface area contributed by atoms with Gasteiger partial charge in [-0.15, -0.1) is 0 Å². The number of nitrogens with zero attached hydrogens (tertiary/aromatic N) is 4. The highest BCUT2D eigenvalue weighted by atomic mass is 127. The third-order valence-corrected chi connectivity index (χ3v) is 15.5. The van der Waals surface area contributed by atoms with E-state index in [0.717, 1.165) is 23.4 Å². The summed E-state index contributed by atoms with van der Waals surface area (Å²) in [5, 5.41) is 37.0. The molecule has 1 saturated heterocycles. The van der Waals surface area contributed by atoms with E-state index in [-0.39, 0.29) is 111 Å². The Morgan fingerprint density at radius 3 is 2.39 bits per heavy atom. The van der Waals surface area contributed by atoms with Crippen LogP contribution in [0.2, 0.25) is 0 Å². The minimum atomic E-state index is -4.09. The number of halogens is 1. The van der Waals surface area contributed by atoms with Crippen molar-refractivity contribution in [2.75, 3.05) is 55.8 Å². The number of nitrogens with two attached hydrogens (primary N) is 3. The number of benzene rings is 2. The van der Waals surface area contributed by atoms with E-state index in [2.05, 4.69) is 37.4 Å². The summed E-state index contributed by atoms with van der Waals surface area (Å²) in [7, 11) is -2.09. The number of fused-ring (bicyclic) bond motifs is 2. The lowest BCUT2D eigenvalue weighted by molar-refractivity contribution is -0.665. The van der Waals surface area contributed by atoms with E-state index in [0.29, 0.717) is 78.1 Å². The maximum Gasteiger partial charge on any atom is 0.312 e. The van der Waals surface area contributed by atoms with Crippen LogP contribution in [0.25, 0.3) is 11.0 Å². The molecule has 2 aromatic heterocycles. The van der Waals surface area contributed by atoms with Crippen molar-refractivity contribution in [3.05, 3.63) is 77.1 Å². The van der Waals surface area contributed by atoms with Gasteiger partial charge in [-0.1, -0.05) is 57.2 Å². The molecule has 24 heteroatoms. The number of hydrogen-bond donors (Lipinski definition) is 9. The van der Waals surface area contributed by atoms with E-state index in [1.165, 1.54) is 4.90 Å². The zero-order chi connectivity index (χ0) is 56.6. The lowest BCUT2D eigenvalue weighted by Crippen LogP contribution is -3.00. The Bertz CT molecular complexity index is 3090. The van der Waals surface area contributed by atoms with Crippen LogP contribution in [0, 0.1) is 42.4 Å². The van der Waals surface area contributed by atoms with Crippen molar-refractivity contribution in [3.8, 4) is 17.6 Å². The molecule has 3 aliphatic rings. The number of carbonyl (C=O) groups excluding carboxylic acids is 6. The van der Waals surface area contributed by atoms with E-state index in [4.69, 9.17) is 21.3 Å². The van der Waals surface area contributed by atoms with Crippen LogP contribution in [0.15, 0.2) is 54.9 Å². The lowest BCUT2D eigenvalue weighted by atomic mass is 9.89. The third kappa shape index (κ3) is 15.5. The summed E-state index contributed by atoms with van der Waals surface area (Å²) in [6, 6.07) is 10.5. The average molecular weight is 1220 g/mol. The number of Topliss-reactive ketones (excluding diaryl/α,β-unsaturated/α-hetero) is 1. The molecule has 4 aromatic rings. The molecular formula is C55H74IN11O11S. The van der Waals surface area contributed by atoms with Crippen LogP contribution >= 0.6 is 0 Å². The second-order valence-electron chi connectivity index (χ2n) is 21.2. The summed E-state index contributed by atoms with van der Waals surface area (Å²) in [5.74, 6) is 3.79. The van der Waals surface area contributed by atoms with Crippen LogP contribution in [0.4, 0.5) is 21.9 Å². The van der Waals surface area contributed by atoms with Crippen LogP contribution in [0.3, 0.4) is 0 Å². The molecule has 7 rings (SSSR count). The van der Waals surface area contributed by atoms with Gasteiger partial charge in [-0.3, -0.25) is 28.9 Å². The summed E-state index contributed by atoms with van der Waals surface area (Å²) in [6.45, 7) is 9.06. The summed E-state index contributed by atoms with van der Waals surface area (Å²) >= 11 is 0. The molecule has 6 amide bonds. The fourth-order valence-electron chi connectivity index (χ4n) is 10.6. The number of hydrogen-bond acceptors (Lipinski definition) is 13. The van der Waals surface area contributed by atoms with Crippen LogP contribution < -0.4 is 75.5 Å². The van der Waals surface area contributed by atoms with Crippen molar-refractivity contribution >= 4 is 73.7 Å². The second kappa shape index (κ2) is 27.2. The Labute approximate surface area is 478 Å².